The summed E-state index contributed by atoms with van der Waals surface area (Å²) >= 11 is 0. The van der Waals surface area contributed by atoms with Gasteiger partial charge in [0.2, 0.25) is 0 Å². The minimum atomic E-state index is -1.22. The van der Waals surface area contributed by atoms with Crippen molar-refractivity contribution in [2.45, 2.75) is 38.7 Å². The Morgan fingerprint density at radius 1 is 1.33 bits per heavy atom. The molecule has 0 saturated heterocycles. The Balaban J connectivity index is 2.67. The summed E-state index contributed by atoms with van der Waals surface area (Å²) in [6.45, 7) is 3.60. The van der Waals surface area contributed by atoms with Gasteiger partial charge in [-0.15, -0.1) is 0 Å². The van der Waals surface area contributed by atoms with Gasteiger partial charge in [-0.1, -0.05) is 26.0 Å². The van der Waals surface area contributed by atoms with Crippen molar-refractivity contribution in [2.75, 3.05) is 0 Å². The van der Waals surface area contributed by atoms with Gasteiger partial charge in [-0.3, -0.25) is 4.79 Å². The number of aliphatic hydroxyl groups is 1. The van der Waals surface area contributed by atoms with Gasteiger partial charge in [-0.05, 0) is 36.5 Å². The second-order valence-corrected chi connectivity index (χ2v) is 4.96. The Morgan fingerprint density at radius 2 is 1.89 bits per heavy atom. The zero-order valence-corrected chi connectivity index (χ0v) is 10.7. The number of carbonyl (C=O) groups is 1. The van der Waals surface area contributed by atoms with Gasteiger partial charge < -0.3 is 10.2 Å². The number of halogens is 1. The van der Waals surface area contributed by atoms with Crippen LogP contribution < -0.4 is 0 Å². The highest BCUT2D eigenvalue weighted by atomic mass is 19.1. The lowest BCUT2D eigenvalue weighted by molar-refractivity contribution is -0.145. The molecule has 0 aromatic heterocycles. The third kappa shape index (κ3) is 4.11. The third-order valence-corrected chi connectivity index (χ3v) is 3.29. The molecule has 0 amide bonds. The SMILES string of the molecule is CC(C)[C@@](O)(CCc1ccc(F)cc1)CC(=O)O. The number of carboxylic acid groups (broad SMARTS) is 1. The maximum atomic E-state index is 12.7. The standard InChI is InChI=1S/C14H19FO3/c1-10(2)14(18,9-13(16)17)8-7-11-3-5-12(15)6-4-11/h3-6,10,18H,7-9H2,1-2H3,(H,16,17)/t14-/m1/s1. The van der Waals surface area contributed by atoms with E-state index >= 15 is 0 Å². The number of rotatable bonds is 6. The lowest BCUT2D eigenvalue weighted by atomic mass is 9.82. The van der Waals surface area contributed by atoms with Crippen molar-refractivity contribution in [2.24, 2.45) is 5.92 Å². The predicted octanol–water partition coefficient (Wildman–Crippen LogP) is 2.62. The molecule has 0 aliphatic heterocycles. The smallest absolute Gasteiger partial charge is 0.306 e. The summed E-state index contributed by atoms with van der Waals surface area (Å²) in [6.07, 6.45) is 0.608. The van der Waals surface area contributed by atoms with Crippen LogP contribution in [-0.2, 0) is 11.2 Å². The van der Waals surface area contributed by atoms with Crippen molar-refractivity contribution in [3.8, 4) is 0 Å². The van der Waals surface area contributed by atoms with E-state index in [1.165, 1.54) is 12.1 Å². The van der Waals surface area contributed by atoms with Crippen molar-refractivity contribution < 1.29 is 19.4 Å². The molecule has 0 heterocycles. The monoisotopic (exact) mass is 254 g/mol. The highest BCUT2D eigenvalue weighted by molar-refractivity contribution is 5.68. The number of benzene rings is 1. The van der Waals surface area contributed by atoms with E-state index in [1.807, 2.05) is 0 Å². The average molecular weight is 254 g/mol. The molecule has 3 nitrogen and oxygen atoms in total. The van der Waals surface area contributed by atoms with Crippen LogP contribution in [0.25, 0.3) is 0 Å². The minimum Gasteiger partial charge on any atom is -0.481 e. The van der Waals surface area contributed by atoms with Crippen LogP contribution in [0.1, 0.15) is 32.3 Å². The molecule has 0 fully saturated rings. The second kappa shape index (κ2) is 5.96. The topological polar surface area (TPSA) is 57.5 Å². The summed E-state index contributed by atoms with van der Waals surface area (Å²) < 4.78 is 12.7. The Kier molecular flexibility index (Phi) is 4.84. The molecule has 4 heteroatoms. The first-order chi connectivity index (χ1) is 8.33. The first-order valence-electron chi connectivity index (χ1n) is 6.02. The zero-order valence-electron chi connectivity index (χ0n) is 10.7. The first-order valence-corrected chi connectivity index (χ1v) is 6.02. The van der Waals surface area contributed by atoms with Crippen LogP contribution in [0.2, 0.25) is 0 Å². The van der Waals surface area contributed by atoms with Gasteiger partial charge in [0, 0.05) is 0 Å². The Hall–Kier alpha value is -1.42. The molecule has 100 valence electrons. The van der Waals surface area contributed by atoms with E-state index in [2.05, 4.69) is 0 Å². The molecule has 1 aromatic carbocycles. The van der Waals surface area contributed by atoms with E-state index in [-0.39, 0.29) is 18.2 Å². The fourth-order valence-electron chi connectivity index (χ4n) is 1.85. The van der Waals surface area contributed by atoms with Crippen LogP contribution in [0.5, 0.6) is 0 Å². The van der Waals surface area contributed by atoms with Crippen LogP contribution in [0, 0.1) is 11.7 Å². The number of hydrogen-bond donors (Lipinski definition) is 2. The van der Waals surface area contributed by atoms with E-state index in [1.54, 1.807) is 26.0 Å². The number of aryl methyl sites for hydroxylation is 1. The molecule has 2 N–H and O–H groups in total. The molecule has 0 unspecified atom stereocenters. The van der Waals surface area contributed by atoms with Crippen molar-refractivity contribution in [1.29, 1.82) is 0 Å². The predicted molar refractivity (Wildman–Crippen MR) is 66.8 cm³/mol. The summed E-state index contributed by atoms with van der Waals surface area (Å²) in [6, 6.07) is 6.02. The van der Waals surface area contributed by atoms with Gasteiger partial charge in [0.1, 0.15) is 5.82 Å². The van der Waals surface area contributed by atoms with Crippen molar-refractivity contribution >= 4 is 5.97 Å². The van der Waals surface area contributed by atoms with E-state index in [0.717, 1.165) is 5.56 Å². The van der Waals surface area contributed by atoms with E-state index < -0.39 is 11.6 Å². The molecule has 1 rings (SSSR count). The summed E-state index contributed by atoms with van der Waals surface area (Å²) in [4.78, 5) is 10.8. The van der Waals surface area contributed by atoms with Crippen LogP contribution in [0.15, 0.2) is 24.3 Å². The third-order valence-electron chi connectivity index (χ3n) is 3.29. The largest absolute Gasteiger partial charge is 0.481 e. The molecule has 0 aliphatic carbocycles. The molecule has 0 saturated carbocycles. The van der Waals surface area contributed by atoms with Gasteiger partial charge in [-0.2, -0.15) is 0 Å². The van der Waals surface area contributed by atoms with Crippen molar-refractivity contribution in [1.82, 2.24) is 0 Å². The van der Waals surface area contributed by atoms with Gasteiger partial charge in [0.05, 0.1) is 12.0 Å². The van der Waals surface area contributed by atoms with E-state index in [9.17, 15) is 14.3 Å². The lowest BCUT2D eigenvalue weighted by Gasteiger charge is -2.30. The van der Waals surface area contributed by atoms with Crippen LogP contribution >= 0.6 is 0 Å². The highest BCUT2D eigenvalue weighted by Crippen LogP contribution is 2.27. The Bertz CT molecular complexity index is 400. The van der Waals surface area contributed by atoms with Crippen molar-refractivity contribution in [3.05, 3.63) is 35.6 Å². The molecular formula is C14H19FO3. The molecule has 18 heavy (non-hydrogen) atoms. The van der Waals surface area contributed by atoms with Gasteiger partial charge in [0.25, 0.3) is 0 Å². The summed E-state index contributed by atoms with van der Waals surface area (Å²) in [5, 5.41) is 19.1. The summed E-state index contributed by atoms with van der Waals surface area (Å²) in [5.41, 5.74) is -0.332. The zero-order chi connectivity index (χ0) is 13.8. The fourth-order valence-corrected chi connectivity index (χ4v) is 1.85. The fraction of sp³-hybridized carbons (Fsp3) is 0.500. The van der Waals surface area contributed by atoms with Gasteiger partial charge >= 0.3 is 5.97 Å². The normalized spacial score (nSPS) is 14.5. The first kappa shape index (κ1) is 14.6. The van der Waals surface area contributed by atoms with Crippen LogP contribution in [0.4, 0.5) is 4.39 Å². The average Bonchev–Trinajstić information content (AvgIpc) is 2.27. The number of aliphatic carboxylic acids is 1. The van der Waals surface area contributed by atoms with Crippen LogP contribution in [0.3, 0.4) is 0 Å². The minimum absolute atomic E-state index is 0.144. The number of carboxylic acids is 1. The molecule has 1 aromatic rings. The van der Waals surface area contributed by atoms with E-state index in [0.29, 0.717) is 12.8 Å². The quantitative estimate of drug-likeness (QED) is 0.820. The van der Waals surface area contributed by atoms with Gasteiger partial charge in [-0.25, -0.2) is 4.39 Å². The molecule has 0 radical (unpaired) electrons. The van der Waals surface area contributed by atoms with Crippen LogP contribution in [-0.4, -0.2) is 21.8 Å². The molecular weight excluding hydrogens is 235 g/mol. The molecule has 0 bridgehead atoms. The van der Waals surface area contributed by atoms with Crippen molar-refractivity contribution in [3.63, 3.8) is 0 Å². The molecule has 0 spiro atoms. The summed E-state index contributed by atoms with van der Waals surface area (Å²) in [7, 11) is 0. The van der Waals surface area contributed by atoms with Gasteiger partial charge in [0.15, 0.2) is 0 Å². The Labute approximate surface area is 106 Å². The molecule has 1 atom stereocenters. The number of hydrogen-bond acceptors (Lipinski definition) is 2. The summed E-state index contributed by atoms with van der Waals surface area (Å²) in [5.74, 6) is -1.46. The maximum absolute atomic E-state index is 12.7. The molecule has 0 aliphatic rings. The lowest BCUT2D eigenvalue weighted by Crippen LogP contribution is -2.38. The Morgan fingerprint density at radius 3 is 2.33 bits per heavy atom. The van der Waals surface area contributed by atoms with E-state index in [4.69, 9.17) is 5.11 Å². The maximum Gasteiger partial charge on any atom is 0.306 e. The second-order valence-electron chi connectivity index (χ2n) is 4.96. The highest BCUT2D eigenvalue weighted by Gasteiger charge is 2.33.